The molecule has 0 unspecified atom stereocenters. The van der Waals surface area contributed by atoms with E-state index in [-0.39, 0.29) is 29.4 Å². The molecule has 3 rings (SSSR count). The second-order valence-corrected chi connectivity index (χ2v) is 4.92. The average molecular weight is 450 g/mol. The molecule has 1 heterocycles. The Morgan fingerprint density at radius 1 is 1.00 bits per heavy atom. The predicted octanol–water partition coefficient (Wildman–Crippen LogP) is 2.76. The van der Waals surface area contributed by atoms with Crippen molar-refractivity contribution in [3.63, 3.8) is 0 Å². The summed E-state index contributed by atoms with van der Waals surface area (Å²) in [6.45, 7) is 14.1. The van der Waals surface area contributed by atoms with Crippen LogP contribution in [0.3, 0.4) is 0 Å². The first-order valence-corrected chi connectivity index (χ1v) is 7.67. The van der Waals surface area contributed by atoms with E-state index < -0.39 is 11.4 Å². The van der Waals surface area contributed by atoms with Crippen LogP contribution in [0.5, 0.6) is 5.75 Å². The van der Waals surface area contributed by atoms with Gasteiger partial charge in [-0.25, -0.2) is 4.79 Å². The maximum Gasteiger partial charge on any atom is 0 e. The summed E-state index contributed by atoms with van der Waals surface area (Å²) < 4.78 is 38.2. The van der Waals surface area contributed by atoms with Crippen molar-refractivity contribution >= 4 is 5.97 Å². The van der Waals surface area contributed by atoms with Crippen molar-refractivity contribution in [3.8, 4) is 5.75 Å². The molecular weight excluding hydrogens is 436 g/mol. The van der Waals surface area contributed by atoms with Gasteiger partial charge in [0.2, 0.25) is 11.2 Å². The van der Waals surface area contributed by atoms with Crippen LogP contribution in [0.1, 0.15) is 16.1 Å². The molecule has 0 amide bonds. The predicted molar refractivity (Wildman–Crippen MR) is 95.0 cm³/mol. The van der Waals surface area contributed by atoms with Crippen LogP contribution in [0.2, 0.25) is 0 Å². The van der Waals surface area contributed by atoms with Gasteiger partial charge in [-0.05, 0) is 17.7 Å². The van der Waals surface area contributed by atoms with Crippen LogP contribution in [0.4, 0.5) is 0 Å². The van der Waals surface area contributed by atoms with Crippen molar-refractivity contribution in [2.45, 2.75) is 6.61 Å². The SMILES string of the molecule is O=C(Oc1coc(COCC2=CC=C2)cc1=O)c1ccccc1.[C-]#[O+].[C-]#[O+].[C-]#[O+].[Fe]. The Kier molecular flexibility index (Phi) is 17.3. The van der Waals surface area contributed by atoms with E-state index in [4.69, 9.17) is 27.8 Å². The molecule has 1 aliphatic carbocycles. The van der Waals surface area contributed by atoms with Gasteiger partial charge in [-0.1, -0.05) is 36.4 Å². The van der Waals surface area contributed by atoms with Gasteiger partial charge in [0.25, 0.3) is 0 Å². The van der Waals surface area contributed by atoms with Crippen molar-refractivity contribution in [1.82, 2.24) is 0 Å². The molecule has 0 bridgehead atoms. The summed E-state index contributed by atoms with van der Waals surface area (Å²) in [5, 5.41) is 0. The first kappa shape index (κ1) is 29.0. The van der Waals surface area contributed by atoms with Crippen molar-refractivity contribution in [2.75, 3.05) is 6.61 Å². The van der Waals surface area contributed by atoms with Crippen LogP contribution >= 0.6 is 0 Å². The molecule has 30 heavy (non-hydrogen) atoms. The number of carbonyl (C=O) groups is 1. The minimum absolute atomic E-state index is 0. The smallest absolute Gasteiger partial charge is 0 e. The molecule has 1 aliphatic rings. The minimum atomic E-state index is -0.606. The Labute approximate surface area is 182 Å². The van der Waals surface area contributed by atoms with Crippen LogP contribution in [0.15, 0.2) is 75.7 Å². The molecule has 1 aromatic carbocycles. The maximum absolute atomic E-state index is 12.0. The number of allylic oxidation sites excluding steroid dienone is 2. The van der Waals surface area contributed by atoms with Crippen LogP contribution in [-0.4, -0.2) is 12.6 Å². The summed E-state index contributed by atoms with van der Waals surface area (Å²) in [6, 6.07) is 9.69. The zero-order valence-electron chi connectivity index (χ0n) is 15.3. The van der Waals surface area contributed by atoms with E-state index in [9.17, 15) is 9.59 Å². The van der Waals surface area contributed by atoms with E-state index in [0.717, 1.165) is 11.8 Å². The van der Waals surface area contributed by atoms with Gasteiger partial charge in [-0.2, -0.15) is 0 Å². The van der Waals surface area contributed by atoms with Gasteiger partial charge in [-0.15, -0.1) is 0 Å². The van der Waals surface area contributed by atoms with Crippen LogP contribution in [0, 0.1) is 20.0 Å². The number of hydrogen-bond donors (Lipinski definition) is 0. The standard InChI is InChI=1S/C18H14O5.3CO.Fe/c19-16-9-15(11-21-10-13-5-4-6-13)22-12-17(16)23-18(20)14-7-2-1-3-8-14;3*1-2;/h1-9,12H,10-11H2;;;;. The molecule has 9 heteroatoms. The number of esters is 1. The van der Waals surface area contributed by atoms with Gasteiger partial charge < -0.3 is 13.9 Å². The molecule has 0 spiro atoms. The van der Waals surface area contributed by atoms with Gasteiger partial charge in [0.15, 0.2) is 0 Å². The summed E-state index contributed by atoms with van der Waals surface area (Å²) in [6.07, 6.45) is 6.95. The Hall–Kier alpha value is -3.18. The molecular formula is C21H14FeO8. The maximum atomic E-state index is 12.0. The number of carbonyl (C=O) groups excluding carboxylic acids is 1. The second-order valence-electron chi connectivity index (χ2n) is 4.92. The molecule has 0 atom stereocenters. The topological polar surface area (TPSA) is 125 Å². The number of rotatable bonds is 6. The number of hydrogen-bond acceptors (Lipinski definition) is 5. The van der Waals surface area contributed by atoms with Gasteiger partial charge in [0.05, 0.1) is 12.2 Å². The van der Waals surface area contributed by atoms with Gasteiger partial charge in [-0.3, -0.25) is 4.79 Å². The third-order valence-corrected chi connectivity index (χ3v) is 3.20. The number of ether oxygens (including phenoxy) is 2. The Morgan fingerprint density at radius 3 is 2.10 bits per heavy atom. The van der Waals surface area contributed by atoms with Crippen LogP contribution in [-0.2, 0) is 42.4 Å². The summed E-state index contributed by atoms with van der Waals surface area (Å²) in [5.74, 6) is -0.378. The molecule has 8 nitrogen and oxygen atoms in total. The summed E-state index contributed by atoms with van der Waals surface area (Å²) in [5.41, 5.74) is 1.02. The monoisotopic (exact) mass is 450 g/mol. The molecule has 0 aliphatic heterocycles. The van der Waals surface area contributed by atoms with E-state index >= 15 is 0 Å². The van der Waals surface area contributed by atoms with Crippen molar-refractivity contribution in [3.05, 3.63) is 108 Å². The molecule has 1 aromatic heterocycles. The summed E-state index contributed by atoms with van der Waals surface area (Å²) in [4.78, 5) is 23.9. The fraction of sp³-hybridized carbons (Fsp3) is 0.0952. The quantitative estimate of drug-likeness (QED) is 0.290. The van der Waals surface area contributed by atoms with Gasteiger partial charge >= 0.3 is 39.9 Å². The number of benzene rings is 1. The summed E-state index contributed by atoms with van der Waals surface area (Å²) >= 11 is 0. The third kappa shape index (κ3) is 9.85. The zero-order chi connectivity index (χ0) is 22.1. The molecule has 0 saturated carbocycles. The summed E-state index contributed by atoms with van der Waals surface area (Å²) in [7, 11) is 0. The van der Waals surface area contributed by atoms with E-state index in [1.165, 1.54) is 6.07 Å². The molecule has 0 fully saturated rings. The van der Waals surface area contributed by atoms with Crippen molar-refractivity contribution in [2.24, 2.45) is 0 Å². The largest absolute Gasteiger partial charge is 0 e. The van der Waals surface area contributed by atoms with Crippen LogP contribution in [0.25, 0.3) is 0 Å². The zero-order valence-corrected chi connectivity index (χ0v) is 16.4. The molecule has 154 valence electrons. The van der Waals surface area contributed by atoms with E-state index in [1.807, 2.05) is 18.2 Å². The van der Waals surface area contributed by atoms with E-state index in [1.54, 1.807) is 30.3 Å². The van der Waals surface area contributed by atoms with Crippen molar-refractivity contribution in [1.29, 1.82) is 0 Å². The average Bonchev–Trinajstić information content (AvgIpc) is 2.76. The first-order chi connectivity index (χ1) is 14.2. The van der Waals surface area contributed by atoms with Crippen LogP contribution < -0.4 is 10.2 Å². The Balaban J connectivity index is 0. The van der Waals surface area contributed by atoms with E-state index in [0.29, 0.717) is 17.9 Å². The van der Waals surface area contributed by atoms with E-state index in [2.05, 4.69) is 20.0 Å². The molecule has 2 aromatic rings. The Bertz CT molecular complexity index is 938. The first-order valence-electron chi connectivity index (χ1n) is 7.67. The Morgan fingerprint density at radius 2 is 1.60 bits per heavy atom. The molecule has 0 N–H and O–H groups in total. The molecule has 0 radical (unpaired) electrons. The van der Waals surface area contributed by atoms with Gasteiger partial charge in [0.1, 0.15) is 18.6 Å². The fourth-order valence-corrected chi connectivity index (χ4v) is 1.92. The van der Waals surface area contributed by atoms with Crippen molar-refractivity contribution < 1.29 is 49.7 Å². The second kappa shape index (κ2) is 17.9. The van der Waals surface area contributed by atoms with Gasteiger partial charge in [0, 0.05) is 23.1 Å². The third-order valence-electron chi connectivity index (χ3n) is 3.20. The normalized spacial score (nSPS) is 9.73. The minimum Gasteiger partial charge on any atom is 0 e. The fourth-order valence-electron chi connectivity index (χ4n) is 1.92. The molecule has 0 saturated heterocycles.